The summed E-state index contributed by atoms with van der Waals surface area (Å²) in [7, 11) is 1.74. The Bertz CT molecular complexity index is 776. The van der Waals surface area contributed by atoms with E-state index < -0.39 is 5.54 Å². The zero-order valence-corrected chi connectivity index (χ0v) is 13.2. The minimum Gasteiger partial charge on any atom is -0.368 e. The third-order valence-electron chi connectivity index (χ3n) is 3.66. The highest BCUT2D eigenvalue weighted by molar-refractivity contribution is 7.10. The molecule has 0 bridgehead atoms. The van der Waals surface area contributed by atoms with Gasteiger partial charge in [-0.05, 0) is 35.6 Å². The van der Waals surface area contributed by atoms with Gasteiger partial charge in [0.05, 0.1) is 6.57 Å². The van der Waals surface area contributed by atoms with Crippen LogP contribution in [0.5, 0.6) is 0 Å². The van der Waals surface area contributed by atoms with Crippen LogP contribution < -0.4 is 5.73 Å². The standard InChI is InChI=1S/C16H16N4OS/c1-16(10-21-20(3)15(17)19-16)14-8-12(9-22-14)11-5-4-6-13(7-11)18-2/h4-9H,10H2,1,3H3,(H2,17,19). The molecule has 1 aromatic heterocycles. The van der Waals surface area contributed by atoms with E-state index in [0.29, 0.717) is 18.3 Å². The molecule has 2 aromatic rings. The molecule has 0 radical (unpaired) electrons. The second kappa shape index (κ2) is 5.44. The molecule has 1 aliphatic heterocycles. The number of aliphatic imine (C=N–C) groups is 1. The largest absolute Gasteiger partial charge is 0.368 e. The lowest BCUT2D eigenvalue weighted by molar-refractivity contribution is -0.112. The first-order chi connectivity index (χ1) is 10.5. The van der Waals surface area contributed by atoms with Gasteiger partial charge in [-0.25, -0.2) is 14.9 Å². The molecule has 0 amide bonds. The van der Waals surface area contributed by atoms with Gasteiger partial charge in [-0.2, -0.15) is 0 Å². The van der Waals surface area contributed by atoms with Gasteiger partial charge in [-0.1, -0.05) is 18.2 Å². The lowest BCUT2D eigenvalue weighted by atomic mass is 10.00. The SMILES string of the molecule is [C-]#[N+]c1cccc(-c2csc(C3(C)CON(C)C(N)=N3)c2)c1. The lowest BCUT2D eigenvalue weighted by Crippen LogP contribution is -2.45. The Labute approximate surface area is 133 Å². The quantitative estimate of drug-likeness (QED) is 0.865. The Morgan fingerprint density at radius 3 is 2.95 bits per heavy atom. The van der Waals surface area contributed by atoms with E-state index in [2.05, 4.69) is 21.3 Å². The van der Waals surface area contributed by atoms with Crippen molar-refractivity contribution in [3.63, 3.8) is 0 Å². The Morgan fingerprint density at radius 2 is 2.23 bits per heavy atom. The van der Waals surface area contributed by atoms with Crippen molar-refractivity contribution in [2.24, 2.45) is 10.7 Å². The Kier molecular flexibility index (Phi) is 3.61. The van der Waals surface area contributed by atoms with Crippen LogP contribution >= 0.6 is 11.3 Å². The van der Waals surface area contributed by atoms with Crippen molar-refractivity contribution < 1.29 is 4.84 Å². The van der Waals surface area contributed by atoms with E-state index in [1.54, 1.807) is 24.5 Å². The van der Waals surface area contributed by atoms with Gasteiger partial charge in [-0.15, -0.1) is 11.3 Å². The second-order valence-electron chi connectivity index (χ2n) is 5.38. The Morgan fingerprint density at radius 1 is 1.41 bits per heavy atom. The van der Waals surface area contributed by atoms with E-state index in [-0.39, 0.29) is 0 Å². The fraction of sp³-hybridized carbons (Fsp3) is 0.250. The molecule has 1 aliphatic rings. The highest BCUT2D eigenvalue weighted by atomic mass is 32.1. The topological polar surface area (TPSA) is 55.2 Å². The van der Waals surface area contributed by atoms with Crippen LogP contribution in [0.4, 0.5) is 5.69 Å². The van der Waals surface area contributed by atoms with E-state index in [9.17, 15) is 0 Å². The molecular weight excluding hydrogens is 296 g/mol. The second-order valence-corrected chi connectivity index (χ2v) is 6.29. The van der Waals surface area contributed by atoms with Crippen LogP contribution in [-0.2, 0) is 10.4 Å². The summed E-state index contributed by atoms with van der Waals surface area (Å²) in [5, 5.41) is 3.56. The number of rotatable bonds is 2. The zero-order chi connectivity index (χ0) is 15.7. The maximum absolute atomic E-state index is 7.12. The first-order valence-corrected chi connectivity index (χ1v) is 7.69. The minimum absolute atomic E-state index is 0.374. The molecule has 0 saturated heterocycles. The molecule has 0 spiro atoms. The van der Waals surface area contributed by atoms with Crippen LogP contribution in [0.3, 0.4) is 0 Å². The van der Waals surface area contributed by atoms with Crippen LogP contribution in [0.2, 0.25) is 0 Å². The van der Waals surface area contributed by atoms with E-state index >= 15 is 0 Å². The number of hydrogen-bond donors (Lipinski definition) is 1. The van der Waals surface area contributed by atoms with Crippen LogP contribution in [-0.4, -0.2) is 24.7 Å². The lowest BCUT2D eigenvalue weighted by Gasteiger charge is -2.33. The van der Waals surface area contributed by atoms with Gasteiger partial charge in [0, 0.05) is 11.9 Å². The van der Waals surface area contributed by atoms with Crippen molar-refractivity contribution >= 4 is 23.0 Å². The first kappa shape index (κ1) is 14.6. The molecule has 22 heavy (non-hydrogen) atoms. The van der Waals surface area contributed by atoms with Crippen LogP contribution in [0.1, 0.15) is 11.8 Å². The average Bonchev–Trinajstić information content (AvgIpc) is 3.02. The predicted octanol–water partition coefficient (Wildman–Crippen LogP) is 3.37. The molecule has 2 N–H and O–H groups in total. The highest BCUT2D eigenvalue weighted by Crippen LogP contribution is 2.37. The molecule has 1 aromatic carbocycles. The van der Waals surface area contributed by atoms with E-state index in [4.69, 9.17) is 17.1 Å². The molecule has 1 unspecified atom stereocenters. The van der Waals surface area contributed by atoms with Crippen molar-refractivity contribution in [3.05, 3.63) is 52.0 Å². The molecule has 2 heterocycles. The summed E-state index contributed by atoms with van der Waals surface area (Å²) in [5.41, 5.74) is 8.15. The van der Waals surface area contributed by atoms with Gasteiger partial charge in [0.25, 0.3) is 0 Å². The van der Waals surface area contributed by atoms with Gasteiger partial charge in [0.2, 0.25) is 5.96 Å². The summed E-state index contributed by atoms with van der Waals surface area (Å²) in [4.78, 5) is 14.7. The van der Waals surface area contributed by atoms with Crippen molar-refractivity contribution in [2.75, 3.05) is 13.7 Å². The van der Waals surface area contributed by atoms with Gasteiger partial charge >= 0.3 is 0 Å². The minimum atomic E-state index is -0.475. The maximum atomic E-state index is 7.12. The van der Waals surface area contributed by atoms with Crippen molar-refractivity contribution in [3.8, 4) is 11.1 Å². The molecule has 112 valence electrons. The molecule has 6 heteroatoms. The summed E-state index contributed by atoms with van der Waals surface area (Å²) in [6.45, 7) is 9.58. The molecule has 5 nitrogen and oxygen atoms in total. The fourth-order valence-corrected chi connectivity index (χ4v) is 3.31. The molecule has 3 rings (SSSR count). The molecule has 1 atom stereocenters. The number of nitrogens with two attached hydrogens (primary N) is 1. The fourth-order valence-electron chi connectivity index (χ4n) is 2.30. The average molecular weight is 312 g/mol. The van der Waals surface area contributed by atoms with Crippen LogP contribution in [0.25, 0.3) is 16.0 Å². The molecule has 0 saturated carbocycles. The number of guanidine groups is 1. The Hall–Kier alpha value is -2.36. The summed E-state index contributed by atoms with van der Waals surface area (Å²) < 4.78 is 0. The smallest absolute Gasteiger partial charge is 0.216 e. The van der Waals surface area contributed by atoms with Crippen molar-refractivity contribution in [1.29, 1.82) is 0 Å². The zero-order valence-electron chi connectivity index (χ0n) is 12.4. The number of thiophene rings is 1. The Balaban J connectivity index is 1.96. The summed E-state index contributed by atoms with van der Waals surface area (Å²) >= 11 is 1.63. The number of nitrogens with zero attached hydrogens (tertiary/aromatic N) is 3. The van der Waals surface area contributed by atoms with Crippen LogP contribution in [0, 0.1) is 6.57 Å². The van der Waals surface area contributed by atoms with Gasteiger partial charge < -0.3 is 5.73 Å². The van der Waals surface area contributed by atoms with Gasteiger partial charge in [-0.3, -0.25) is 4.84 Å². The van der Waals surface area contributed by atoms with Gasteiger partial charge in [0.1, 0.15) is 12.1 Å². The number of benzene rings is 1. The number of hydroxylamine groups is 2. The van der Waals surface area contributed by atoms with E-state index in [0.717, 1.165) is 16.0 Å². The summed E-state index contributed by atoms with van der Waals surface area (Å²) in [6, 6.07) is 9.70. The van der Waals surface area contributed by atoms with E-state index in [1.807, 2.05) is 25.1 Å². The molecule has 0 aliphatic carbocycles. The van der Waals surface area contributed by atoms with Crippen molar-refractivity contribution in [2.45, 2.75) is 12.5 Å². The van der Waals surface area contributed by atoms with Crippen LogP contribution in [0.15, 0.2) is 40.7 Å². The monoisotopic (exact) mass is 312 g/mol. The van der Waals surface area contributed by atoms with Gasteiger partial charge in [0.15, 0.2) is 5.69 Å². The molecular formula is C16H16N4OS. The van der Waals surface area contributed by atoms with Crippen molar-refractivity contribution in [1.82, 2.24) is 5.06 Å². The van der Waals surface area contributed by atoms with E-state index in [1.165, 1.54) is 5.06 Å². The number of hydrogen-bond acceptors (Lipinski definition) is 5. The summed E-state index contributed by atoms with van der Waals surface area (Å²) in [6.07, 6.45) is 0. The summed E-state index contributed by atoms with van der Waals surface area (Å²) in [5.74, 6) is 0.374. The third-order valence-corrected chi connectivity index (χ3v) is 4.85. The third kappa shape index (κ3) is 2.56. The maximum Gasteiger partial charge on any atom is 0.216 e. The normalized spacial score (nSPS) is 21.3. The highest BCUT2D eigenvalue weighted by Gasteiger charge is 2.33. The molecule has 0 fully saturated rings. The predicted molar refractivity (Wildman–Crippen MR) is 88.7 cm³/mol. The first-order valence-electron chi connectivity index (χ1n) is 6.81.